The van der Waals surface area contributed by atoms with E-state index in [-0.39, 0.29) is 18.6 Å². The lowest BCUT2D eigenvalue weighted by Gasteiger charge is -2.18. The second-order valence-electron chi connectivity index (χ2n) is 5.98. The number of carbonyl (C=O) groups is 1. The van der Waals surface area contributed by atoms with E-state index in [0.717, 1.165) is 27.3 Å². The molecule has 0 bridgehead atoms. The minimum Gasteiger partial charge on any atom is -0.483 e. The van der Waals surface area contributed by atoms with E-state index >= 15 is 0 Å². The Balaban J connectivity index is 1.70. The highest BCUT2D eigenvalue weighted by Crippen LogP contribution is 2.26. The van der Waals surface area contributed by atoms with E-state index in [1.165, 1.54) is 0 Å². The van der Waals surface area contributed by atoms with E-state index in [1.54, 1.807) is 11.3 Å². The van der Waals surface area contributed by atoms with E-state index in [9.17, 15) is 4.79 Å². The van der Waals surface area contributed by atoms with Gasteiger partial charge in [-0.05, 0) is 48.1 Å². The van der Waals surface area contributed by atoms with Crippen LogP contribution in [0.15, 0.2) is 66.0 Å². The zero-order chi connectivity index (χ0) is 17.6. The molecular weight excluding hydrogens is 330 g/mol. The highest BCUT2D eigenvalue weighted by atomic mass is 32.1. The Morgan fingerprint density at radius 1 is 1.08 bits per heavy atom. The number of ether oxygens (including phenoxy) is 1. The van der Waals surface area contributed by atoms with Crippen molar-refractivity contribution in [1.82, 2.24) is 5.32 Å². The predicted molar refractivity (Wildman–Crippen MR) is 102 cm³/mol. The van der Waals surface area contributed by atoms with Crippen molar-refractivity contribution in [3.8, 4) is 5.75 Å². The molecule has 128 valence electrons. The molecule has 1 heterocycles. The summed E-state index contributed by atoms with van der Waals surface area (Å²) < 4.78 is 5.72. The van der Waals surface area contributed by atoms with Crippen molar-refractivity contribution in [2.45, 2.75) is 19.9 Å². The van der Waals surface area contributed by atoms with E-state index in [4.69, 9.17) is 4.74 Å². The summed E-state index contributed by atoms with van der Waals surface area (Å²) in [6.45, 7) is 3.98. The van der Waals surface area contributed by atoms with Gasteiger partial charge in [-0.15, -0.1) is 11.3 Å². The Kier molecular flexibility index (Phi) is 5.51. The van der Waals surface area contributed by atoms with Crippen LogP contribution in [-0.4, -0.2) is 12.5 Å². The van der Waals surface area contributed by atoms with Gasteiger partial charge in [0.15, 0.2) is 6.61 Å². The summed E-state index contributed by atoms with van der Waals surface area (Å²) in [5.74, 6) is 0.616. The maximum Gasteiger partial charge on any atom is 0.258 e. The second-order valence-corrected chi connectivity index (χ2v) is 6.96. The van der Waals surface area contributed by atoms with E-state index in [1.807, 2.05) is 79.9 Å². The standard InChI is InChI=1S/C21H21NO2S/c1-15-10-11-16(2)18(13-15)24-14-20(23)22-21(19-9-6-12-25-19)17-7-4-3-5-8-17/h3-13,21H,14H2,1-2H3,(H,22,23)/t21-/m0/s1. The molecular formula is C21H21NO2S. The number of aryl methyl sites for hydroxylation is 2. The second kappa shape index (κ2) is 7.99. The fraction of sp³-hybridized carbons (Fsp3) is 0.190. The fourth-order valence-corrected chi connectivity index (χ4v) is 3.43. The molecule has 1 amide bonds. The Morgan fingerprint density at radius 3 is 2.60 bits per heavy atom. The monoisotopic (exact) mass is 351 g/mol. The van der Waals surface area contributed by atoms with Gasteiger partial charge < -0.3 is 10.1 Å². The SMILES string of the molecule is Cc1ccc(C)c(OCC(=O)N[C@@H](c2ccccc2)c2cccs2)c1. The molecule has 0 radical (unpaired) electrons. The van der Waals surface area contributed by atoms with Crippen LogP contribution in [0.1, 0.15) is 27.6 Å². The van der Waals surface area contributed by atoms with Crippen molar-refractivity contribution >= 4 is 17.2 Å². The molecule has 0 aliphatic rings. The van der Waals surface area contributed by atoms with Crippen LogP contribution in [0.2, 0.25) is 0 Å². The van der Waals surface area contributed by atoms with Gasteiger partial charge in [0, 0.05) is 4.88 Å². The van der Waals surface area contributed by atoms with Crippen LogP contribution in [0, 0.1) is 13.8 Å². The largest absolute Gasteiger partial charge is 0.483 e. The fourth-order valence-electron chi connectivity index (χ4n) is 2.63. The number of benzene rings is 2. The first-order chi connectivity index (χ1) is 12.1. The van der Waals surface area contributed by atoms with Gasteiger partial charge >= 0.3 is 0 Å². The first-order valence-electron chi connectivity index (χ1n) is 8.21. The molecule has 3 aromatic rings. The van der Waals surface area contributed by atoms with Gasteiger partial charge in [0.2, 0.25) is 0 Å². The van der Waals surface area contributed by atoms with Crippen molar-refractivity contribution < 1.29 is 9.53 Å². The number of hydrogen-bond acceptors (Lipinski definition) is 3. The average Bonchev–Trinajstić information content (AvgIpc) is 3.15. The quantitative estimate of drug-likeness (QED) is 0.702. The molecule has 2 aromatic carbocycles. The highest BCUT2D eigenvalue weighted by molar-refractivity contribution is 7.10. The lowest BCUT2D eigenvalue weighted by Crippen LogP contribution is -2.33. The Morgan fingerprint density at radius 2 is 1.88 bits per heavy atom. The third-order valence-corrected chi connectivity index (χ3v) is 4.91. The summed E-state index contributed by atoms with van der Waals surface area (Å²) >= 11 is 1.63. The van der Waals surface area contributed by atoms with Crippen molar-refractivity contribution in [3.63, 3.8) is 0 Å². The maximum absolute atomic E-state index is 12.5. The predicted octanol–water partition coefficient (Wildman–Crippen LogP) is 4.65. The maximum atomic E-state index is 12.5. The molecule has 3 nitrogen and oxygen atoms in total. The summed E-state index contributed by atoms with van der Waals surface area (Å²) in [5, 5.41) is 5.10. The summed E-state index contributed by atoms with van der Waals surface area (Å²) in [5.41, 5.74) is 3.20. The summed E-state index contributed by atoms with van der Waals surface area (Å²) in [6, 6.07) is 19.8. The molecule has 0 unspecified atom stereocenters. The Labute approximate surface area is 152 Å². The van der Waals surface area contributed by atoms with Gasteiger partial charge in [-0.2, -0.15) is 0 Å². The number of rotatable bonds is 6. The molecule has 0 saturated heterocycles. The van der Waals surface area contributed by atoms with E-state index < -0.39 is 0 Å². The molecule has 0 saturated carbocycles. The molecule has 0 fully saturated rings. The number of carbonyl (C=O) groups excluding carboxylic acids is 1. The van der Waals surface area contributed by atoms with Crippen LogP contribution in [-0.2, 0) is 4.79 Å². The average molecular weight is 351 g/mol. The molecule has 1 atom stereocenters. The zero-order valence-corrected chi connectivity index (χ0v) is 15.2. The first-order valence-corrected chi connectivity index (χ1v) is 9.09. The van der Waals surface area contributed by atoms with Gasteiger partial charge in [-0.3, -0.25) is 4.79 Å². The summed E-state index contributed by atoms with van der Waals surface area (Å²) in [6.07, 6.45) is 0. The molecule has 1 N–H and O–H groups in total. The molecule has 3 rings (SSSR count). The van der Waals surface area contributed by atoms with Crippen molar-refractivity contribution in [3.05, 3.63) is 87.6 Å². The number of nitrogens with one attached hydrogen (secondary N) is 1. The topological polar surface area (TPSA) is 38.3 Å². The molecule has 0 aliphatic carbocycles. The van der Waals surface area contributed by atoms with Crippen molar-refractivity contribution in [1.29, 1.82) is 0 Å². The van der Waals surface area contributed by atoms with Crippen LogP contribution < -0.4 is 10.1 Å². The summed E-state index contributed by atoms with van der Waals surface area (Å²) in [4.78, 5) is 13.6. The van der Waals surface area contributed by atoms with Gasteiger partial charge in [0.1, 0.15) is 5.75 Å². The van der Waals surface area contributed by atoms with Gasteiger partial charge in [-0.25, -0.2) is 0 Å². The van der Waals surface area contributed by atoms with Crippen LogP contribution in [0.4, 0.5) is 0 Å². The molecule has 25 heavy (non-hydrogen) atoms. The minimum absolute atomic E-state index is 0.000990. The number of thiophene rings is 1. The van der Waals surface area contributed by atoms with Crippen molar-refractivity contribution in [2.75, 3.05) is 6.61 Å². The molecule has 1 aromatic heterocycles. The minimum atomic E-state index is -0.157. The van der Waals surface area contributed by atoms with Crippen molar-refractivity contribution in [2.24, 2.45) is 0 Å². The van der Waals surface area contributed by atoms with Crippen LogP contribution >= 0.6 is 11.3 Å². The third kappa shape index (κ3) is 4.48. The molecule has 0 spiro atoms. The highest BCUT2D eigenvalue weighted by Gasteiger charge is 2.18. The van der Waals surface area contributed by atoms with Crippen LogP contribution in [0.3, 0.4) is 0 Å². The number of amides is 1. The zero-order valence-electron chi connectivity index (χ0n) is 14.4. The normalized spacial score (nSPS) is 11.8. The molecule has 0 aliphatic heterocycles. The van der Waals surface area contributed by atoms with Crippen LogP contribution in [0.25, 0.3) is 0 Å². The van der Waals surface area contributed by atoms with E-state index in [0.29, 0.717) is 0 Å². The number of hydrogen-bond donors (Lipinski definition) is 1. The summed E-state index contributed by atoms with van der Waals surface area (Å²) in [7, 11) is 0. The smallest absolute Gasteiger partial charge is 0.258 e. The Hall–Kier alpha value is -2.59. The van der Waals surface area contributed by atoms with Gasteiger partial charge in [0.25, 0.3) is 5.91 Å². The van der Waals surface area contributed by atoms with Gasteiger partial charge in [-0.1, -0.05) is 48.5 Å². The Bertz CT molecular complexity index is 828. The lowest BCUT2D eigenvalue weighted by molar-refractivity contribution is -0.123. The third-order valence-electron chi connectivity index (χ3n) is 3.97. The van der Waals surface area contributed by atoms with Gasteiger partial charge in [0.05, 0.1) is 6.04 Å². The first kappa shape index (κ1) is 17.2. The van der Waals surface area contributed by atoms with Crippen LogP contribution in [0.5, 0.6) is 5.75 Å². The van der Waals surface area contributed by atoms with E-state index in [2.05, 4.69) is 5.32 Å². The lowest BCUT2D eigenvalue weighted by atomic mass is 10.1. The molecule has 4 heteroatoms.